The van der Waals surface area contributed by atoms with Crippen LogP contribution < -0.4 is 5.32 Å². The van der Waals surface area contributed by atoms with Crippen molar-refractivity contribution >= 4 is 11.6 Å². The topological polar surface area (TPSA) is 46.9 Å². The zero-order valence-electron chi connectivity index (χ0n) is 15.2. The molecule has 0 saturated heterocycles. The van der Waals surface area contributed by atoms with Crippen molar-refractivity contribution in [3.8, 4) is 0 Å². The average Bonchev–Trinajstić information content (AvgIpc) is 3.14. The standard InChI is InChI=1S/C22H25N3O/c1-2-3-6-18-9-11-19(12-10-18)16-22(26)24-21-8-4-7-20(15-21)17-25-14-5-13-23-25/h4-5,7-15H,2-3,6,16-17H2,1H3,(H,24,26). The first-order valence-electron chi connectivity index (χ1n) is 9.17. The predicted octanol–water partition coefficient (Wildman–Crippen LogP) is 4.46. The highest BCUT2D eigenvalue weighted by Crippen LogP contribution is 2.13. The van der Waals surface area contributed by atoms with Gasteiger partial charge in [0.2, 0.25) is 5.91 Å². The van der Waals surface area contributed by atoms with E-state index in [-0.39, 0.29) is 5.91 Å². The van der Waals surface area contributed by atoms with Crippen LogP contribution in [0.3, 0.4) is 0 Å². The van der Waals surface area contributed by atoms with Crippen LogP contribution in [0.5, 0.6) is 0 Å². The summed E-state index contributed by atoms with van der Waals surface area (Å²) in [5.41, 5.74) is 4.30. The molecule has 0 aliphatic carbocycles. The first-order chi connectivity index (χ1) is 12.7. The Kier molecular flexibility index (Phi) is 6.20. The van der Waals surface area contributed by atoms with Crippen LogP contribution in [0, 0.1) is 0 Å². The van der Waals surface area contributed by atoms with E-state index in [1.165, 1.54) is 18.4 Å². The maximum absolute atomic E-state index is 12.3. The summed E-state index contributed by atoms with van der Waals surface area (Å²) in [6.45, 7) is 2.89. The van der Waals surface area contributed by atoms with Gasteiger partial charge in [-0.05, 0) is 47.7 Å². The van der Waals surface area contributed by atoms with E-state index in [1.807, 2.05) is 41.2 Å². The number of carbonyl (C=O) groups is 1. The summed E-state index contributed by atoms with van der Waals surface area (Å²) in [4.78, 5) is 12.3. The number of aryl methyl sites for hydroxylation is 1. The number of aromatic nitrogens is 2. The van der Waals surface area contributed by atoms with Crippen molar-refractivity contribution in [2.45, 2.75) is 39.2 Å². The monoisotopic (exact) mass is 347 g/mol. The second kappa shape index (κ2) is 8.99. The minimum atomic E-state index is 0.00236. The lowest BCUT2D eigenvalue weighted by atomic mass is 10.0. The highest BCUT2D eigenvalue weighted by atomic mass is 16.1. The molecule has 26 heavy (non-hydrogen) atoms. The average molecular weight is 347 g/mol. The van der Waals surface area contributed by atoms with Gasteiger partial charge in [-0.1, -0.05) is 49.7 Å². The minimum Gasteiger partial charge on any atom is -0.326 e. The number of carbonyl (C=O) groups excluding carboxylic acids is 1. The molecule has 0 aliphatic heterocycles. The third-order valence-electron chi connectivity index (χ3n) is 4.32. The molecule has 1 N–H and O–H groups in total. The fraction of sp³-hybridized carbons (Fsp3) is 0.273. The molecule has 3 aromatic rings. The molecule has 4 heteroatoms. The van der Waals surface area contributed by atoms with Gasteiger partial charge in [-0.3, -0.25) is 9.48 Å². The van der Waals surface area contributed by atoms with Gasteiger partial charge in [0.05, 0.1) is 13.0 Å². The number of rotatable bonds is 8. The number of nitrogens with zero attached hydrogens (tertiary/aromatic N) is 2. The quantitative estimate of drug-likeness (QED) is 0.654. The van der Waals surface area contributed by atoms with E-state index in [0.717, 1.165) is 23.2 Å². The molecule has 0 saturated carbocycles. The molecule has 0 radical (unpaired) electrons. The third-order valence-corrected chi connectivity index (χ3v) is 4.32. The second-order valence-corrected chi connectivity index (χ2v) is 6.55. The van der Waals surface area contributed by atoms with Crippen LogP contribution in [0.4, 0.5) is 5.69 Å². The van der Waals surface area contributed by atoms with Crippen LogP contribution in [-0.2, 0) is 24.2 Å². The summed E-state index contributed by atoms with van der Waals surface area (Å²) in [7, 11) is 0. The Labute approximate surface area is 154 Å². The van der Waals surface area contributed by atoms with E-state index >= 15 is 0 Å². The Hall–Kier alpha value is -2.88. The zero-order valence-corrected chi connectivity index (χ0v) is 15.2. The predicted molar refractivity (Wildman–Crippen MR) is 105 cm³/mol. The Balaban J connectivity index is 1.56. The summed E-state index contributed by atoms with van der Waals surface area (Å²) in [5, 5.41) is 7.20. The van der Waals surface area contributed by atoms with E-state index in [1.54, 1.807) is 6.20 Å². The molecule has 1 heterocycles. The first-order valence-corrected chi connectivity index (χ1v) is 9.17. The Morgan fingerprint density at radius 1 is 1.04 bits per heavy atom. The first kappa shape index (κ1) is 17.9. The fourth-order valence-electron chi connectivity index (χ4n) is 2.92. The molecule has 1 amide bonds. The molecule has 1 aromatic heterocycles. The third kappa shape index (κ3) is 5.31. The van der Waals surface area contributed by atoms with Gasteiger partial charge >= 0.3 is 0 Å². The molecule has 0 spiro atoms. The molecule has 134 valence electrons. The molecule has 0 atom stereocenters. The van der Waals surface area contributed by atoms with Gasteiger partial charge in [-0.25, -0.2) is 0 Å². The number of nitrogens with one attached hydrogen (secondary N) is 1. The van der Waals surface area contributed by atoms with Gasteiger partial charge in [-0.2, -0.15) is 5.10 Å². The summed E-state index contributed by atoms with van der Waals surface area (Å²) in [6, 6.07) is 18.2. The van der Waals surface area contributed by atoms with Gasteiger partial charge < -0.3 is 5.32 Å². The number of hydrogen-bond acceptors (Lipinski definition) is 2. The van der Waals surface area contributed by atoms with Crippen molar-refractivity contribution in [3.63, 3.8) is 0 Å². The number of hydrogen-bond donors (Lipinski definition) is 1. The minimum absolute atomic E-state index is 0.00236. The molecule has 0 unspecified atom stereocenters. The molecule has 4 nitrogen and oxygen atoms in total. The Bertz CT molecular complexity index is 823. The van der Waals surface area contributed by atoms with Gasteiger partial charge in [-0.15, -0.1) is 0 Å². The normalized spacial score (nSPS) is 10.7. The number of anilines is 1. The Morgan fingerprint density at radius 2 is 1.85 bits per heavy atom. The molecule has 0 fully saturated rings. The van der Waals surface area contributed by atoms with Crippen LogP contribution >= 0.6 is 0 Å². The maximum Gasteiger partial charge on any atom is 0.228 e. The van der Waals surface area contributed by atoms with Crippen molar-refractivity contribution in [2.75, 3.05) is 5.32 Å². The van der Waals surface area contributed by atoms with Crippen molar-refractivity contribution in [2.24, 2.45) is 0 Å². The smallest absolute Gasteiger partial charge is 0.228 e. The van der Waals surface area contributed by atoms with Crippen LogP contribution in [-0.4, -0.2) is 15.7 Å². The molecule has 3 rings (SSSR count). The van der Waals surface area contributed by atoms with Gasteiger partial charge in [0, 0.05) is 18.1 Å². The van der Waals surface area contributed by atoms with Crippen LogP contribution in [0.1, 0.15) is 36.5 Å². The van der Waals surface area contributed by atoms with Gasteiger partial charge in [0.25, 0.3) is 0 Å². The van der Waals surface area contributed by atoms with Crippen LogP contribution in [0.2, 0.25) is 0 Å². The number of benzene rings is 2. The molecule has 2 aromatic carbocycles. The van der Waals surface area contributed by atoms with E-state index in [4.69, 9.17) is 0 Å². The van der Waals surface area contributed by atoms with Crippen molar-refractivity contribution in [1.82, 2.24) is 9.78 Å². The maximum atomic E-state index is 12.3. The molecular weight excluding hydrogens is 322 g/mol. The number of unbranched alkanes of at least 4 members (excludes halogenated alkanes) is 1. The zero-order chi connectivity index (χ0) is 18.2. The van der Waals surface area contributed by atoms with E-state index in [0.29, 0.717) is 13.0 Å². The lowest BCUT2D eigenvalue weighted by Crippen LogP contribution is -2.14. The summed E-state index contributed by atoms with van der Waals surface area (Å²) >= 11 is 0. The summed E-state index contributed by atoms with van der Waals surface area (Å²) in [6.07, 6.45) is 7.58. The van der Waals surface area contributed by atoms with E-state index in [2.05, 4.69) is 41.6 Å². The van der Waals surface area contributed by atoms with Crippen molar-refractivity contribution < 1.29 is 4.79 Å². The van der Waals surface area contributed by atoms with Gasteiger partial charge in [0.1, 0.15) is 0 Å². The highest BCUT2D eigenvalue weighted by molar-refractivity contribution is 5.92. The highest BCUT2D eigenvalue weighted by Gasteiger charge is 2.05. The molecular formula is C22H25N3O. The fourth-order valence-corrected chi connectivity index (χ4v) is 2.92. The lowest BCUT2D eigenvalue weighted by molar-refractivity contribution is -0.115. The molecule has 0 bridgehead atoms. The van der Waals surface area contributed by atoms with Crippen molar-refractivity contribution in [3.05, 3.63) is 83.7 Å². The summed E-state index contributed by atoms with van der Waals surface area (Å²) in [5.74, 6) is 0.00236. The molecule has 0 aliphatic rings. The summed E-state index contributed by atoms with van der Waals surface area (Å²) < 4.78 is 1.86. The van der Waals surface area contributed by atoms with Crippen LogP contribution in [0.15, 0.2) is 67.0 Å². The van der Waals surface area contributed by atoms with Crippen molar-refractivity contribution in [1.29, 1.82) is 0 Å². The van der Waals surface area contributed by atoms with E-state index < -0.39 is 0 Å². The van der Waals surface area contributed by atoms with Gasteiger partial charge in [0.15, 0.2) is 0 Å². The van der Waals surface area contributed by atoms with Crippen LogP contribution in [0.25, 0.3) is 0 Å². The SMILES string of the molecule is CCCCc1ccc(CC(=O)Nc2cccc(Cn3cccn3)c2)cc1. The lowest BCUT2D eigenvalue weighted by Gasteiger charge is -2.08. The Morgan fingerprint density at radius 3 is 2.58 bits per heavy atom. The van der Waals surface area contributed by atoms with E-state index in [9.17, 15) is 4.79 Å². The number of amides is 1. The largest absolute Gasteiger partial charge is 0.326 e. The second-order valence-electron chi connectivity index (χ2n) is 6.55.